The number of piperidine rings is 1. The van der Waals surface area contributed by atoms with Crippen LogP contribution in [0.2, 0.25) is 5.02 Å². The van der Waals surface area contributed by atoms with Crippen molar-refractivity contribution in [1.29, 1.82) is 0 Å². The first-order chi connectivity index (χ1) is 9.27. The summed E-state index contributed by atoms with van der Waals surface area (Å²) in [5.74, 6) is 0. The maximum absolute atomic E-state index is 6.25. The predicted octanol–water partition coefficient (Wildman–Crippen LogP) is 2.29. The van der Waals surface area contributed by atoms with Crippen LogP contribution in [0.25, 0.3) is 0 Å². The Bertz CT molecular complexity index is 426. The summed E-state index contributed by atoms with van der Waals surface area (Å²) in [6, 6.07) is 8.13. The lowest BCUT2D eigenvalue weighted by Gasteiger charge is -2.45. The Morgan fingerprint density at radius 2 is 2.05 bits per heavy atom. The van der Waals surface area contributed by atoms with Gasteiger partial charge in [-0.2, -0.15) is 0 Å². The first kappa shape index (κ1) is 13.4. The van der Waals surface area contributed by atoms with E-state index in [1.807, 2.05) is 12.1 Å². The van der Waals surface area contributed by atoms with Gasteiger partial charge in [-0.3, -0.25) is 4.90 Å². The van der Waals surface area contributed by atoms with Crippen LogP contribution in [0.4, 0.5) is 0 Å². The van der Waals surface area contributed by atoms with E-state index in [1.165, 1.54) is 5.56 Å². The second kappa shape index (κ2) is 5.80. The topological polar surface area (TPSA) is 24.5 Å². The molecule has 2 aliphatic rings. The molecule has 0 radical (unpaired) electrons. The fraction of sp³-hybridized carbons (Fsp3) is 0.600. The van der Waals surface area contributed by atoms with Crippen LogP contribution in [0.15, 0.2) is 24.3 Å². The van der Waals surface area contributed by atoms with Crippen molar-refractivity contribution in [2.45, 2.75) is 25.0 Å². The van der Waals surface area contributed by atoms with E-state index in [2.05, 4.69) is 22.3 Å². The Morgan fingerprint density at radius 1 is 1.26 bits per heavy atom. The highest BCUT2D eigenvalue weighted by Gasteiger charge is 2.37. The van der Waals surface area contributed by atoms with Crippen molar-refractivity contribution in [1.82, 2.24) is 10.2 Å². The summed E-state index contributed by atoms with van der Waals surface area (Å²) in [5.41, 5.74) is 1.29. The van der Waals surface area contributed by atoms with Gasteiger partial charge in [0, 0.05) is 24.7 Å². The molecule has 2 fully saturated rings. The van der Waals surface area contributed by atoms with Crippen molar-refractivity contribution in [2.75, 3.05) is 32.8 Å². The average molecular weight is 281 g/mol. The van der Waals surface area contributed by atoms with E-state index in [1.54, 1.807) is 0 Å². The molecular formula is C15H21ClN2O. The third-order valence-corrected chi connectivity index (χ3v) is 4.56. The molecule has 0 unspecified atom stereocenters. The van der Waals surface area contributed by atoms with Gasteiger partial charge >= 0.3 is 0 Å². The molecule has 19 heavy (non-hydrogen) atoms. The van der Waals surface area contributed by atoms with Crippen molar-refractivity contribution in [3.63, 3.8) is 0 Å². The molecule has 0 aromatic heterocycles. The molecule has 0 amide bonds. The lowest BCUT2D eigenvalue weighted by atomic mass is 9.90. The minimum Gasteiger partial charge on any atom is -0.372 e. The monoisotopic (exact) mass is 280 g/mol. The third-order valence-electron chi connectivity index (χ3n) is 4.19. The van der Waals surface area contributed by atoms with E-state index < -0.39 is 0 Å². The zero-order chi connectivity index (χ0) is 13.1. The number of halogens is 1. The first-order valence-corrected chi connectivity index (χ1v) is 7.46. The molecule has 0 atom stereocenters. The van der Waals surface area contributed by atoms with Gasteiger partial charge in [-0.1, -0.05) is 29.8 Å². The number of benzene rings is 1. The Balaban J connectivity index is 1.67. The van der Waals surface area contributed by atoms with Crippen molar-refractivity contribution in [3.05, 3.63) is 34.9 Å². The van der Waals surface area contributed by atoms with Gasteiger partial charge < -0.3 is 10.1 Å². The van der Waals surface area contributed by atoms with E-state index >= 15 is 0 Å². The van der Waals surface area contributed by atoms with Crippen LogP contribution in [0, 0.1) is 0 Å². The molecule has 0 bridgehead atoms. The standard InChI is InChI=1S/C15H21ClN2O/c16-14-4-2-1-3-13(14)11-18-9-10-19-15(12-18)5-7-17-8-6-15/h1-4,17H,5-12H2. The van der Waals surface area contributed by atoms with Crippen LogP contribution < -0.4 is 5.32 Å². The number of nitrogens with zero attached hydrogens (tertiary/aromatic N) is 1. The van der Waals surface area contributed by atoms with E-state index in [4.69, 9.17) is 16.3 Å². The number of nitrogens with one attached hydrogen (secondary N) is 1. The summed E-state index contributed by atoms with van der Waals surface area (Å²) in [6.45, 7) is 5.93. The van der Waals surface area contributed by atoms with Gasteiger partial charge in [0.05, 0.1) is 12.2 Å². The van der Waals surface area contributed by atoms with Gasteiger partial charge in [0.2, 0.25) is 0 Å². The zero-order valence-electron chi connectivity index (χ0n) is 11.2. The number of hydrogen-bond donors (Lipinski definition) is 1. The molecule has 2 aliphatic heterocycles. The molecule has 0 saturated carbocycles. The van der Waals surface area contributed by atoms with Crippen LogP contribution in [-0.4, -0.2) is 43.3 Å². The molecule has 3 nitrogen and oxygen atoms in total. The maximum Gasteiger partial charge on any atom is 0.0833 e. The summed E-state index contributed by atoms with van der Waals surface area (Å²) in [4.78, 5) is 2.48. The molecule has 2 saturated heterocycles. The van der Waals surface area contributed by atoms with Crippen molar-refractivity contribution in [3.8, 4) is 0 Å². The van der Waals surface area contributed by atoms with Gasteiger partial charge in [-0.05, 0) is 37.6 Å². The van der Waals surface area contributed by atoms with Crippen LogP contribution in [-0.2, 0) is 11.3 Å². The van der Waals surface area contributed by atoms with E-state index in [0.717, 1.165) is 57.2 Å². The highest BCUT2D eigenvalue weighted by atomic mass is 35.5. The Kier molecular flexibility index (Phi) is 4.08. The van der Waals surface area contributed by atoms with Gasteiger partial charge in [-0.25, -0.2) is 0 Å². The Morgan fingerprint density at radius 3 is 2.84 bits per heavy atom. The lowest BCUT2D eigenvalue weighted by Crippen LogP contribution is -2.55. The minimum absolute atomic E-state index is 0.0742. The Hall–Kier alpha value is -0.610. The molecular weight excluding hydrogens is 260 g/mol. The van der Waals surface area contributed by atoms with Gasteiger partial charge in [0.25, 0.3) is 0 Å². The van der Waals surface area contributed by atoms with Crippen molar-refractivity contribution >= 4 is 11.6 Å². The highest BCUT2D eigenvalue weighted by molar-refractivity contribution is 6.31. The average Bonchev–Trinajstić information content (AvgIpc) is 2.42. The van der Waals surface area contributed by atoms with Crippen molar-refractivity contribution < 1.29 is 4.74 Å². The second-order valence-electron chi connectivity index (χ2n) is 5.58. The van der Waals surface area contributed by atoms with Crippen molar-refractivity contribution in [2.24, 2.45) is 0 Å². The summed E-state index contributed by atoms with van der Waals surface area (Å²) >= 11 is 6.25. The fourth-order valence-corrected chi connectivity index (χ4v) is 3.31. The molecule has 0 aliphatic carbocycles. The number of rotatable bonds is 2. The minimum atomic E-state index is 0.0742. The fourth-order valence-electron chi connectivity index (χ4n) is 3.11. The summed E-state index contributed by atoms with van der Waals surface area (Å²) in [7, 11) is 0. The maximum atomic E-state index is 6.25. The molecule has 104 valence electrons. The van der Waals surface area contributed by atoms with E-state index in [9.17, 15) is 0 Å². The van der Waals surface area contributed by atoms with Crippen LogP contribution in [0.5, 0.6) is 0 Å². The quantitative estimate of drug-likeness (QED) is 0.900. The number of ether oxygens (including phenoxy) is 1. The molecule has 2 heterocycles. The molecule has 4 heteroatoms. The Labute approximate surface area is 119 Å². The molecule has 1 spiro atoms. The summed E-state index contributed by atoms with van der Waals surface area (Å²) in [6.07, 6.45) is 2.23. The summed E-state index contributed by atoms with van der Waals surface area (Å²) < 4.78 is 6.09. The van der Waals surface area contributed by atoms with E-state index in [-0.39, 0.29) is 5.60 Å². The van der Waals surface area contributed by atoms with Gasteiger partial charge in [0.15, 0.2) is 0 Å². The zero-order valence-corrected chi connectivity index (χ0v) is 12.0. The van der Waals surface area contributed by atoms with Gasteiger partial charge in [-0.15, -0.1) is 0 Å². The number of hydrogen-bond acceptors (Lipinski definition) is 3. The largest absolute Gasteiger partial charge is 0.372 e. The second-order valence-corrected chi connectivity index (χ2v) is 5.99. The van der Waals surface area contributed by atoms with Crippen LogP contribution in [0.1, 0.15) is 18.4 Å². The van der Waals surface area contributed by atoms with Crippen LogP contribution in [0.3, 0.4) is 0 Å². The normalized spacial score (nSPS) is 23.6. The van der Waals surface area contributed by atoms with Gasteiger partial charge in [0.1, 0.15) is 0 Å². The third kappa shape index (κ3) is 3.11. The van der Waals surface area contributed by atoms with E-state index in [0.29, 0.717) is 0 Å². The lowest BCUT2D eigenvalue weighted by molar-refractivity contribution is -0.125. The van der Waals surface area contributed by atoms with Crippen LogP contribution >= 0.6 is 11.6 Å². The predicted molar refractivity (Wildman–Crippen MR) is 77.5 cm³/mol. The summed E-state index contributed by atoms with van der Waals surface area (Å²) in [5, 5.41) is 4.28. The smallest absolute Gasteiger partial charge is 0.0833 e. The molecule has 1 aromatic rings. The molecule has 3 rings (SSSR count). The SMILES string of the molecule is Clc1ccccc1CN1CCOC2(CCNCC2)C1. The number of morpholine rings is 1. The first-order valence-electron chi connectivity index (χ1n) is 7.08. The highest BCUT2D eigenvalue weighted by Crippen LogP contribution is 2.29. The molecule has 1 N–H and O–H groups in total. The molecule has 1 aromatic carbocycles.